The molecule has 0 aliphatic rings. The Balaban J connectivity index is 2.71. The second-order valence-corrected chi connectivity index (χ2v) is 5.11. The predicted octanol–water partition coefficient (Wildman–Crippen LogP) is 2.12. The molecule has 0 saturated heterocycles. The average Bonchev–Trinajstić information content (AvgIpc) is 2.27. The van der Waals surface area contributed by atoms with E-state index >= 15 is 0 Å². The summed E-state index contributed by atoms with van der Waals surface area (Å²) in [6.07, 6.45) is 1.93. The molecule has 0 aromatic carbocycles. The number of hydrogen-bond donors (Lipinski definition) is 2. The minimum absolute atomic E-state index is 0.00679. The molecule has 1 aromatic rings. The number of nitrogens with zero attached hydrogens (tertiary/aromatic N) is 2. The van der Waals surface area contributed by atoms with Crippen LogP contribution < -0.4 is 5.32 Å². The van der Waals surface area contributed by atoms with Gasteiger partial charge in [0.05, 0.1) is 4.92 Å². The summed E-state index contributed by atoms with van der Waals surface area (Å²) in [6.45, 7) is 6.65. The molecule has 2 N–H and O–H groups in total. The van der Waals surface area contributed by atoms with E-state index in [0.29, 0.717) is 18.8 Å². The first kappa shape index (κ1) is 14.4. The topological polar surface area (TPSA) is 88.3 Å². The van der Waals surface area contributed by atoms with Crippen LogP contribution in [0.3, 0.4) is 0 Å². The van der Waals surface area contributed by atoms with E-state index in [2.05, 4.69) is 10.3 Å². The van der Waals surface area contributed by atoms with Gasteiger partial charge in [-0.25, -0.2) is 4.98 Å². The number of nitrogens with one attached hydrogen (secondary N) is 1. The SMILES string of the molecule is Cc1cc([N+](=O)[O-])cnc1NCC(C)(C)CCO. The van der Waals surface area contributed by atoms with Crippen molar-refractivity contribution in [3.63, 3.8) is 0 Å². The first-order valence-electron chi connectivity index (χ1n) is 5.81. The van der Waals surface area contributed by atoms with Crippen LogP contribution in [0.4, 0.5) is 11.5 Å². The lowest BCUT2D eigenvalue weighted by Gasteiger charge is -2.24. The molecule has 0 amide bonds. The van der Waals surface area contributed by atoms with Crippen LogP contribution in [0.15, 0.2) is 12.3 Å². The lowest BCUT2D eigenvalue weighted by atomic mass is 9.90. The molecule has 0 bridgehead atoms. The summed E-state index contributed by atoms with van der Waals surface area (Å²) in [5.41, 5.74) is 0.682. The van der Waals surface area contributed by atoms with E-state index in [1.54, 1.807) is 6.92 Å². The Hall–Kier alpha value is -1.69. The number of aliphatic hydroxyl groups is 1. The molecular formula is C12H19N3O3. The van der Waals surface area contributed by atoms with E-state index in [0.717, 1.165) is 5.56 Å². The molecule has 100 valence electrons. The van der Waals surface area contributed by atoms with Gasteiger partial charge in [0.2, 0.25) is 0 Å². The Kier molecular flexibility index (Phi) is 4.61. The third-order valence-corrected chi connectivity index (χ3v) is 2.80. The van der Waals surface area contributed by atoms with E-state index in [9.17, 15) is 10.1 Å². The number of aromatic nitrogens is 1. The number of anilines is 1. The Morgan fingerprint density at radius 3 is 2.72 bits per heavy atom. The summed E-state index contributed by atoms with van der Waals surface area (Å²) in [4.78, 5) is 14.2. The van der Waals surface area contributed by atoms with Crippen molar-refractivity contribution in [2.75, 3.05) is 18.5 Å². The van der Waals surface area contributed by atoms with Crippen LogP contribution >= 0.6 is 0 Å². The van der Waals surface area contributed by atoms with Crippen LogP contribution in [0, 0.1) is 22.5 Å². The van der Waals surface area contributed by atoms with Crippen molar-refractivity contribution in [2.24, 2.45) is 5.41 Å². The highest BCUT2D eigenvalue weighted by Crippen LogP contribution is 2.22. The predicted molar refractivity (Wildman–Crippen MR) is 69.6 cm³/mol. The van der Waals surface area contributed by atoms with Crippen molar-refractivity contribution in [3.05, 3.63) is 27.9 Å². The minimum atomic E-state index is -0.459. The molecule has 1 rings (SSSR count). The summed E-state index contributed by atoms with van der Waals surface area (Å²) in [6, 6.07) is 1.49. The second kappa shape index (κ2) is 5.77. The quantitative estimate of drug-likeness (QED) is 0.598. The summed E-state index contributed by atoms with van der Waals surface area (Å²) in [5.74, 6) is 0.645. The van der Waals surface area contributed by atoms with Gasteiger partial charge in [-0.1, -0.05) is 13.8 Å². The number of rotatable bonds is 6. The second-order valence-electron chi connectivity index (χ2n) is 5.11. The average molecular weight is 253 g/mol. The Labute approximate surface area is 106 Å². The van der Waals surface area contributed by atoms with Crippen molar-refractivity contribution in [3.8, 4) is 0 Å². The summed E-state index contributed by atoms with van der Waals surface area (Å²) in [7, 11) is 0. The fourth-order valence-electron chi connectivity index (χ4n) is 1.56. The molecule has 0 fully saturated rings. The van der Waals surface area contributed by atoms with Crippen LogP contribution in [0.2, 0.25) is 0 Å². The molecule has 6 nitrogen and oxygen atoms in total. The van der Waals surface area contributed by atoms with Crippen molar-refractivity contribution < 1.29 is 10.0 Å². The maximum atomic E-state index is 10.6. The Bertz CT molecular complexity index is 433. The molecule has 0 spiro atoms. The highest BCUT2D eigenvalue weighted by Gasteiger charge is 2.18. The summed E-state index contributed by atoms with van der Waals surface area (Å²) in [5, 5.41) is 22.7. The zero-order chi connectivity index (χ0) is 13.8. The molecule has 1 heterocycles. The van der Waals surface area contributed by atoms with Gasteiger partial charge in [0.1, 0.15) is 12.0 Å². The Morgan fingerprint density at radius 1 is 1.56 bits per heavy atom. The van der Waals surface area contributed by atoms with Gasteiger partial charge in [-0.15, -0.1) is 0 Å². The lowest BCUT2D eigenvalue weighted by molar-refractivity contribution is -0.385. The first-order valence-corrected chi connectivity index (χ1v) is 5.81. The molecular weight excluding hydrogens is 234 g/mol. The van der Waals surface area contributed by atoms with E-state index in [1.165, 1.54) is 12.3 Å². The van der Waals surface area contributed by atoms with E-state index in [4.69, 9.17) is 5.11 Å². The molecule has 6 heteroatoms. The van der Waals surface area contributed by atoms with E-state index in [-0.39, 0.29) is 17.7 Å². The van der Waals surface area contributed by atoms with Crippen molar-refractivity contribution in [2.45, 2.75) is 27.2 Å². The largest absolute Gasteiger partial charge is 0.396 e. The van der Waals surface area contributed by atoms with Crippen LogP contribution in [0.25, 0.3) is 0 Å². The first-order chi connectivity index (χ1) is 8.35. The molecule has 0 aliphatic carbocycles. The number of aryl methyl sites for hydroxylation is 1. The van der Waals surface area contributed by atoms with Crippen LogP contribution in [-0.2, 0) is 0 Å². The van der Waals surface area contributed by atoms with Crippen molar-refractivity contribution in [1.29, 1.82) is 0 Å². The molecule has 1 aromatic heterocycles. The summed E-state index contributed by atoms with van der Waals surface area (Å²) < 4.78 is 0. The smallest absolute Gasteiger partial charge is 0.287 e. The maximum Gasteiger partial charge on any atom is 0.287 e. The van der Waals surface area contributed by atoms with E-state index in [1.807, 2.05) is 13.8 Å². The number of nitro groups is 1. The number of pyridine rings is 1. The van der Waals surface area contributed by atoms with E-state index < -0.39 is 4.92 Å². The molecule has 0 unspecified atom stereocenters. The van der Waals surface area contributed by atoms with Gasteiger partial charge in [-0.3, -0.25) is 10.1 Å². The molecule has 18 heavy (non-hydrogen) atoms. The molecule has 0 saturated carbocycles. The van der Waals surface area contributed by atoms with Gasteiger partial charge in [0, 0.05) is 19.2 Å². The van der Waals surface area contributed by atoms with Crippen LogP contribution in [-0.4, -0.2) is 28.2 Å². The number of hydrogen-bond acceptors (Lipinski definition) is 5. The van der Waals surface area contributed by atoms with Gasteiger partial charge in [-0.2, -0.15) is 0 Å². The van der Waals surface area contributed by atoms with Crippen molar-refractivity contribution >= 4 is 11.5 Å². The van der Waals surface area contributed by atoms with Gasteiger partial charge < -0.3 is 10.4 Å². The third-order valence-electron chi connectivity index (χ3n) is 2.80. The maximum absolute atomic E-state index is 10.6. The highest BCUT2D eigenvalue weighted by molar-refractivity contribution is 5.48. The minimum Gasteiger partial charge on any atom is -0.396 e. The third kappa shape index (κ3) is 3.96. The van der Waals surface area contributed by atoms with Crippen LogP contribution in [0.1, 0.15) is 25.8 Å². The zero-order valence-electron chi connectivity index (χ0n) is 10.9. The van der Waals surface area contributed by atoms with Gasteiger partial charge in [0.25, 0.3) is 5.69 Å². The fraction of sp³-hybridized carbons (Fsp3) is 0.583. The van der Waals surface area contributed by atoms with Gasteiger partial charge in [0.15, 0.2) is 0 Å². The zero-order valence-corrected chi connectivity index (χ0v) is 10.9. The monoisotopic (exact) mass is 253 g/mol. The lowest BCUT2D eigenvalue weighted by Crippen LogP contribution is -2.24. The normalized spacial score (nSPS) is 11.3. The fourth-order valence-corrected chi connectivity index (χ4v) is 1.56. The van der Waals surface area contributed by atoms with Crippen LogP contribution in [0.5, 0.6) is 0 Å². The highest BCUT2D eigenvalue weighted by atomic mass is 16.6. The number of aliphatic hydroxyl groups excluding tert-OH is 1. The van der Waals surface area contributed by atoms with Gasteiger partial charge >= 0.3 is 0 Å². The molecule has 0 aliphatic heterocycles. The molecule has 0 atom stereocenters. The van der Waals surface area contributed by atoms with Crippen molar-refractivity contribution in [1.82, 2.24) is 4.98 Å². The summed E-state index contributed by atoms with van der Waals surface area (Å²) >= 11 is 0. The Morgan fingerprint density at radius 2 is 2.22 bits per heavy atom. The van der Waals surface area contributed by atoms with Gasteiger partial charge in [-0.05, 0) is 24.3 Å². The standard InChI is InChI=1S/C12H19N3O3/c1-9-6-10(15(17)18)7-13-11(9)14-8-12(2,3)4-5-16/h6-7,16H,4-5,8H2,1-3H3,(H,13,14). The molecule has 0 radical (unpaired) electrons.